The van der Waals surface area contributed by atoms with Gasteiger partial charge in [0.2, 0.25) is 11.8 Å². The molecular formula is C25H30Br2N2O2S. The first-order chi connectivity index (χ1) is 15.4. The van der Waals surface area contributed by atoms with Crippen LogP contribution in [-0.2, 0) is 21.9 Å². The van der Waals surface area contributed by atoms with Gasteiger partial charge in [0.25, 0.3) is 0 Å². The van der Waals surface area contributed by atoms with Crippen molar-refractivity contribution in [3.8, 4) is 0 Å². The van der Waals surface area contributed by atoms with Crippen LogP contribution in [0.3, 0.4) is 0 Å². The summed E-state index contributed by atoms with van der Waals surface area (Å²) in [6.07, 6.45) is 5.62. The Labute approximate surface area is 212 Å². The van der Waals surface area contributed by atoms with Gasteiger partial charge in [-0.2, -0.15) is 0 Å². The van der Waals surface area contributed by atoms with E-state index >= 15 is 0 Å². The molecule has 1 fully saturated rings. The Morgan fingerprint density at radius 2 is 1.53 bits per heavy atom. The van der Waals surface area contributed by atoms with Crippen LogP contribution in [0.2, 0.25) is 0 Å². The fraction of sp³-hybridized carbons (Fsp3) is 0.440. The van der Waals surface area contributed by atoms with Crippen LogP contribution in [0.1, 0.15) is 50.2 Å². The molecule has 2 amide bonds. The zero-order valence-electron chi connectivity index (χ0n) is 18.4. The third-order valence-electron chi connectivity index (χ3n) is 5.79. The molecule has 0 spiro atoms. The fourth-order valence-electron chi connectivity index (χ4n) is 3.86. The van der Waals surface area contributed by atoms with Gasteiger partial charge in [0, 0.05) is 27.3 Å². The average molecular weight is 582 g/mol. The first kappa shape index (κ1) is 25.3. The van der Waals surface area contributed by atoms with Gasteiger partial charge in [-0.25, -0.2) is 0 Å². The van der Waals surface area contributed by atoms with Crippen LogP contribution >= 0.6 is 43.6 Å². The third kappa shape index (κ3) is 7.92. The van der Waals surface area contributed by atoms with Crippen LogP contribution in [0.15, 0.2) is 57.5 Å². The molecule has 2 aromatic rings. The molecule has 1 N–H and O–H groups in total. The molecule has 0 unspecified atom stereocenters. The fourth-order valence-corrected chi connectivity index (χ4v) is 5.26. The van der Waals surface area contributed by atoms with E-state index in [4.69, 9.17) is 0 Å². The van der Waals surface area contributed by atoms with Crippen molar-refractivity contribution in [3.63, 3.8) is 0 Å². The van der Waals surface area contributed by atoms with Crippen LogP contribution in [0.4, 0.5) is 0 Å². The Bertz CT molecular complexity index is 884. The molecule has 0 heterocycles. The Balaban J connectivity index is 1.64. The lowest BCUT2D eigenvalue weighted by molar-refractivity contribution is -0.139. The minimum atomic E-state index is -0.513. The molecule has 2 aromatic carbocycles. The second kappa shape index (κ2) is 12.8. The number of carbonyl (C=O) groups is 2. The van der Waals surface area contributed by atoms with E-state index in [2.05, 4.69) is 49.3 Å². The quantitative estimate of drug-likeness (QED) is 0.377. The zero-order valence-corrected chi connectivity index (χ0v) is 22.3. The van der Waals surface area contributed by atoms with Gasteiger partial charge in [-0.3, -0.25) is 9.59 Å². The first-order valence-electron chi connectivity index (χ1n) is 11.1. The summed E-state index contributed by atoms with van der Waals surface area (Å²) in [7, 11) is 0. The molecule has 1 aliphatic rings. The van der Waals surface area contributed by atoms with Crippen molar-refractivity contribution in [1.29, 1.82) is 0 Å². The number of halogens is 2. The van der Waals surface area contributed by atoms with Crippen molar-refractivity contribution in [2.24, 2.45) is 0 Å². The molecule has 1 aliphatic carbocycles. The van der Waals surface area contributed by atoms with Crippen LogP contribution in [0.25, 0.3) is 0 Å². The zero-order chi connectivity index (χ0) is 22.9. The first-order valence-corrected chi connectivity index (χ1v) is 13.8. The second-order valence-electron chi connectivity index (χ2n) is 8.29. The number of amides is 2. The lowest BCUT2D eigenvalue weighted by atomic mass is 9.95. The van der Waals surface area contributed by atoms with Crippen LogP contribution < -0.4 is 5.32 Å². The Kier molecular flexibility index (Phi) is 10.1. The topological polar surface area (TPSA) is 49.4 Å². The van der Waals surface area contributed by atoms with Gasteiger partial charge < -0.3 is 10.2 Å². The predicted octanol–water partition coefficient (Wildman–Crippen LogP) is 6.31. The van der Waals surface area contributed by atoms with Crippen molar-refractivity contribution in [2.75, 3.05) is 5.75 Å². The lowest BCUT2D eigenvalue weighted by Gasteiger charge is -2.31. The standard InChI is InChI=1S/C25H30Br2N2O2S/c1-18(25(31)28-23-5-3-2-4-6-23)29(15-19-7-11-21(26)12-8-19)24(30)17-32-16-20-9-13-22(27)14-10-20/h7-14,18,23H,2-6,15-17H2,1H3,(H,28,31)/t18-/m0/s1. The van der Waals surface area contributed by atoms with E-state index in [-0.39, 0.29) is 17.9 Å². The number of carbonyl (C=O) groups excluding carboxylic acids is 2. The second-order valence-corrected chi connectivity index (χ2v) is 11.1. The Hall–Kier alpha value is -1.31. The van der Waals surface area contributed by atoms with Gasteiger partial charge in [0.1, 0.15) is 6.04 Å². The van der Waals surface area contributed by atoms with E-state index < -0.39 is 6.04 Å². The summed E-state index contributed by atoms with van der Waals surface area (Å²) in [4.78, 5) is 27.9. The molecule has 4 nitrogen and oxygen atoms in total. The molecule has 3 rings (SSSR count). The van der Waals surface area contributed by atoms with Crippen LogP contribution in [0, 0.1) is 0 Å². The molecule has 0 saturated heterocycles. The molecule has 0 bridgehead atoms. The number of nitrogens with one attached hydrogen (secondary N) is 1. The molecule has 1 atom stereocenters. The highest BCUT2D eigenvalue weighted by Crippen LogP contribution is 2.20. The smallest absolute Gasteiger partial charge is 0.242 e. The van der Waals surface area contributed by atoms with E-state index in [0.717, 1.165) is 45.9 Å². The van der Waals surface area contributed by atoms with E-state index in [0.29, 0.717) is 12.3 Å². The lowest BCUT2D eigenvalue weighted by Crippen LogP contribution is -2.50. The third-order valence-corrected chi connectivity index (χ3v) is 7.84. The van der Waals surface area contributed by atoms with Crippen molar-refractivity contribution in [3.05, 3.63) is 68.6 Å². The van der Waals surface area contributed by atoms with Gasteiger partial charge in [-0.05, 0) is 55.2 Å². The van der Waals surface area contributed by atoms with E-state index in [1.54, 1.807) is 16.7 Å². The summed E-state index contributed by atoms with van der Waals surface area (Å²) in [5, 5.41) is 3.18. The van der Waals surface area contributed by atoms with Gasteiger partial charge >= 0.3 is 0 Å². The number of hydrogen-bond acceptors (Lipinski definition) is 3. The summed E-state index contributed by atoms with van der Waals surface area (Å²) in [6, 6.07) is 15.8. The summed E-state index contributed by atoms with van der Waals surface area (Å²) >= 11 is 8.49. The highest BCUT2D eigenvalue weighted by atomic mass is 79.9. The van der Waals surface area contributed by atoms with E-state index in [9.17, 15) is 9.59 Å². The van der Waals surface area contributed by atoms with Crippen molar-refractivity contribution >= 4 is 55.4 Å². The summed E-state index contributed by atoms with van der Waals surface area (Å²) in [6.45, 7) is 2.26. The van der Waals surface area contributed by atoms with Gasteiger partial charge in [-0.15, -0.1) is 11.8 Å². The Morgan fingerprint density at radius 3 is 2.12 bits per heavy atom. The number of thioether (sulfide) groups is 1. The highest BCUT2D eigenvalue weighted by Gasteiger charge is 2.28. The maximum atomic E-state index is 13.2. The SMILES string of the molecule is C[C@@H](C(=O)NC1CCCCC1)N(Cc1ccc(Br)cc1)C(=O)CSCc1ccc(Br)cc1. The van der Waals surface area contributed by atoms with Gasteiger partial charge in [0.05, 0.1) is 5.75 Å². The molecule has 1 saturated carbocycles. The molecule has 0 aliphatic heterocycles. The number of nitrogens with zero attached hydrogens (tertiary/aromatic N) is 1. The monoisotopic (exact) mass is 580 g/mol. The molecular weight excluding hydrogens is 552 g/mol. The normalized spacial score (nSPS) is 15.2. The summed E-state index contributed by atoms with van der Waals surface area (Å²) in [5.74, 6) is 1.03. The minimum absolute atomic E-state index is 0.0127. The van der Waals surface area contributed by atoms with Crippen molar-refractivity contribution in [1.82, 2.24) is 10.2 Å². The Morgan fingerprint density at radius 1 is 0.969 bits per heavy atom. The molecule has 0 radical (unpaired) electrons. The molecule has 32 heavy (non-hydrogen) atoms. The van der Waals surface area contributed by atoms with Crippen LogP contribution in [0.5, 0.6) is 0 Å². The molecule has 172 valence electrons. The highest BCUT2D eigenvalue weighted by molar-refractivity contribution is 9.10. The predicted molar refractivity (Wildman–Crippen MR) is 139 cm³/mol. The van der Waals surface area contributed by atoms with Gasteiger partial charge in [-0.1, -0.05) is 75.4 Å². The number of benzene rings is 2. The summed E-state index contributed by atoms with van der Waals surface area (Å²) in [5.41, 5.74) is 2.19. The van der Waals surface area contributed by atoms with Crippen molar-refractivity contribution in [2.45, 2.75) is 63.4 Å². The van der Waals surface area contributed by atoms with Crippen LogP contribution in [-0.4, -0.2) is 34.6 Å². The maximum Gasteiger partial charge on any atom is 0.242 e. The van der Waals surface area contributed by atoms with Gasteiger partial charge in [0.15, 0.2) is 0 Å². The van der Waals surface area contributed by atoms with Crippen molar-refractivity contribution < 1.29 is 9.59 Å². The summed E-state index contributed by atoms with van der Waals surface area (Å²) < 4.78 is 2.04. The average Bonchev–Trinajstić information content (AvgIpc) is 2.80. The number of hydrogen-bond donors (Lipinski definition) is 1. The molecule has 0 aromatic heterocycles. The number of rotatable bonds is 9. The molecule has 7 heteroatoms. The minimum Gasteiger partial charge on any atom is -0.352 e. The van der Waals surface area contributed by atoms with E-state index in [1.807, 2.05) is 43.3 Å². The maximum absolute atomic E-state index is 13.2. The largest absolute Gasteiger partial charge is 0.352 e. The van der Waals surface area contributed by atoms with E-state index in [1.165, 1.54) is 12.0 Å².